The first-order valence-corrected chi connectivity index (χ1v) is 14.5. The van der Waals surface area contributed by atoms with Crippen molar-refractivity contribution in [2.45, 2.75) is 65.3 Å². The number of ether oxygens (including phenoxy) is 1. The summed E-state index contributed by atoms with van der Waals surface area (Å²) in [6.07, 6.45) is 3.38. The summed E-state index contributed by atoms with van der Waals surface area (Å²) >= 11 is 0. The number of anilines is 1. The Hall–Kier alpha value is -2.17. The van der Waals surface area contributed by atoms with Crippen LogP contribution in [0.2, 0.25) is 0 Å². The van der Waals surface area contributed by atoms with Crippen molar-refractivity contribution in [1.29, 1.82) is 0 Å². The lowest BCUT2D eigenvalue weighted by Gasteiger charge is -2.36. The highest BCUT2D eigenvalue weighted by atomic mass is 32.2. The largest absolute Gasteiger partial charge is 0.381 e. The summed E-state index contributed by atoms with van der Waals surface area (Å²) in [5.41, 5.74) is 2.28. The lowest BCUT2D eigenvalue weighted by Crippen LogP contribution is -2.53. The van der Waals surface area contributed by atoms with Crippen LogP contribution in [0.25, 0.3) is 11.0 Å². The molecule has 2 aliphatic rings. The van der Waals surface area contributed by atoms with Crippen molar-refractivity contribution in [2.24, 2.45) is 5.92 Å². The van der Waals surface area contributed by atoms with Crippen LogP contribution in [0, 0.1) is 5.92 Å². The second kappa shape index (κ2) is 10.7. The maximum Gasteiger partial charge on any atom is 0.303 e. The van der Waals surface area contributed by atoms with Gasteiger partial charge in [0, 0.05) is 64.8 Å². The molecule has 0 atom stereocenters. The molecule has 1 aromatic carbocycles. The molecule has 0 radical (unpaired) electrons. The molecule has 1 amide bonds. The van der Waals surface area contributed by atoms with Gasteiger partial charge in [0.25, 0.3) is 0 Å². The van der Waals surface area contributed by atoms with E-state index in [-0.39, 0.29) is 11.3 Å². The van der Waals surface area contributed by atoms with Gasteiger partial charge in [-0.2, -0.15) is 12.7 Å². The summed E-state index contributed by atoms with van der Waals surface area (Å²) in [6, 6.07) is 5.75. The van der Waals surface area contributed by atoms with Gasteiger partial charge in [0.15, 0.2) is 0 Å². The van der Waals surface area contributed by atoms with Gasteiger partial charge in [-0.1, -0.05) is 27.7 Å². The zero-order valence-corrected chi connectivity index (χ0v) is 23.2. The Morgan fingerprint density at radius 2 is 1.81 bits per heavy atom. The molecule has 0 bridgehead atoms. The van der Waals surface area contributed by atoms with E-state index in [0.29, 0.717) is 44.2 Å². The second-order valence-electron chi connectivity index (χ2n) is 11.0. The second-order valence-corrected chi connectivity index (χ2v) is 13.0. The van der Waals surface area contributed by atoms with Crippen molar-refractivity contribution in [3.05, 3.63) is 24.0 Å². The molecule has 3 heterocycles. The fourth-order valence-electron chi connectivity index (χ4n) is 5.11. The van der Waals surface area contributed by atoms with Gasteiger partial charge in [-0.3, -0.25) is 9.10 Å². The molecule has 0 aliphatic carbocycles. The molecule has 36 heavy (non-hydrogen) atoms. The van der Waals surface area contributed by atoms with Crippen molar-refractivity contribution < 1.29 is 17.9 Å². The summed E-state index contributed by atoms with van der Waals surface area (Å²) in [5.74, 6) is 1.65. The molecule has 10 heteroatoms. The normalized spacial score (nSPS) is 18.6. The van der Waals surface area contributed by atoms with Crippen LogP contribution in [0.3, 0.4) is 0 Å². The summed E-state index contributed by atoms with van der Waals surface area (Å²) in [5, 5.41) is 0. The molecule has 2 saturated heterocycles. The Balaban J connectivity index is 1.57. The number of fused-ring (bicyclic) bond motifs is 1. The molecule has 200 valence electrons. The molecule has 2 aliphatic heterocycles. The summed E-state index contributed by atoms with van der Waals surface area (Å²) in [6.45, 7) is 12.4. The summed E-state index contributed by atoms with van der Waals surface area (Å²) in [7, 11) is -2.13. The minimum absolute atomic E-state index is 0.0966. The van der Waals surface area contributed by atoms with E-state index < -0.39 is 10.2 Å². The third kappa shape index (κ3) is 5.55. The number of rotatable bonds is 7. The van der Waals surface area contributed by atoms with E-state index in [1.54, 1.807) is 11.9 Å². The van der Waals surface area contributed by atoms with E-state index in [0.717, 1.165) is 55.9 Å². The highest BCUT2D eigenvalue weighted by Crippen LogP contribution is 2.32. The number of imidazole rings is 1. The molecule has 1 aromatic heterocycles. The predicted molar refractivity (Wildman–Crippen MR) is 142 cm³/mol. The van der Waals surface area contributed by atoms with Gasteiger partial charge in [-0.25, -0.2) is 4.98 Å². The number of benzene rings is 1. The number of amides is 1. The van der Waals surface area contributed by atoms with Crippen LogP contribution in [0.4, 0.5) is 5.69 Å². The molecule has 0 saturated carbocycles. The number of carbonyl (C=O) groups excluding carboxylic acids is 1. The van der Waals surface area contributed by atoms with Gasteiger partial charge in [-0.15, -0.1) is 0 Å². The number of hydrogen-bond acceptors (Lipinski definition) is 5. The van der Waals surface area contributed by atoms with Gasteiger partial charge >= 0.3 is 10.2 Å². The maximum absolute atomic E-state index is 13.4. The summed E-state index contributed by atoms with van der Waals surface area (Å²) in [4.78, 5) is 18.9. The topological polar surface area (TPSA) is 88.0 Å². The van der Waals surface area contributed by atoms with Crippen molar-refractivity contribution in [3.63, 3.8) is 0 Å². The van der Waals surface area contributed by atoms with Crippen LogP contribution >= 0.6 is 0 Å². The van der Waals surface area contributed by atoms with E-state index in [1.165, 1.54) is 8.61 Å². The Morgan fingerprint density at radius 3 is 2.42 bits per heavy atom. The number of piperazine rings is 1. The van der Waals surface area contributed by atoms with E-state index in [4.69, 9.17) is 9.72 Å². The van der Waals surface area contributed by atoms with Crippen LogP contribution in [0.1, 0.15) is 59.2 Å². The quantitative estimate of drug-likeness (QED) is 0.560. The fraction of sp³-hybridized carbons (Fsp3) is 0.692. The van der Waals surface area contributed by atoms with Crippen molar-refractivity contribution in [1.82, 2.24) is 18.8 Å². The number of carbonyl (C=O) groups is 1. The summed E-state index contributed by atoms with van der Waals surface area (Å²) < 4.78 is 37.5. The van der Waals surface area contributed by atoms with E-state index >= 15 is 0 Å². The third-order valence-corrected chi connectivity index (χ3v) is 9.20. The van der Waals surface area contributed by atoms with Crippen LogP contribution in [0.15, 0.2) is 18.2 Å². The van der Waals surface area contributed by atoms with Crippen molar-refractivity contribution in [2.75, 3.05) is 50.7 Å². The minimum Gasteiger partial charge on any atom is -0.381 e. The molecule has 0 spiro atoms. The zero-order valence-electron chi connectivity index (χ0n) is 22.4. The lowest BCUT2D eigenvalue weighted by atomic mass is 9.94. The van der Waals surface area contributed by atoms with Crippen LogP contribution in [0.5, 0.6) is 0 Å². The first-order chi connectivity index (χ1) is 17.0. The minimum atomic E-state index is -3.72. The van der Waals surface area contributed by atoms with Gasteiger partial charge in [0.2, 0.25) is 5.91 Å². The van der Waals surface area contributed by atoms with E-state index in [2.05, 4.69) is 25.3 Å². The highest BCUT2D eigenvalue weighted by molar-refractivity contribution is 7.90. The van der Waals surface area contributed by atoms with Gasteiger partial charge in [0.05, 0.1) is 16.7 Å². The molecule has 0 N–H and O–H groups in total. The number of aromatic nitrogens is 2. The fourth-order valence-corrected chi connectivity index (χ4v) is 6.46. The lowest BCUT2D eigenvalue weighted by molar-refractivity contribution is -0.132. The Labute approximate surface area is 215 Å². The predicted octanol–water partition coefficient (Wildman–Crippen LogP) is 3.39. The zero-order chi connectivity index (χ0) is 26.1. The monoisotopic (exact) mass is 519 g/mol. The first-order valence-electron chi connectivity index (χ1n) is 13.1. The SMILES string of the molecule is CCCC(=O)N1CCN(S(=O)(=O)N(C)c2ccc3c(c2)nc(C(C)(C)C)n3CC2CCOCC2)CC1. The average molecular weight is 520 g/mol. The van der Waals surface area contributed by atoms with E-state index in [9.17, 15) is 13.2 Å². The van der Waals surface area contributed by atoms with Gasteiger partial charge in [0.1, 0.15) is 5.82 Å². The average Bonchev–Trinajstić information content (AvgIpc) is 3.22. The number of hydrogen-bond donors (Lipinski definition) is 0. The Morgan fingerprint density at radius 1 is 1.14 bits per heavy atom. The van der Waals surface area contributed by atoms with Gasteiger partial charge < -0.3 is 14.2 Å². The van der Waals surface area contributed by atoms with Crippen LogP contribution in [-0.4, -0.2) is 79.5 Å². The molecular weight excluding hydrogens is 478 g/mol. The third-order valence-electron chi connectivity index (χ3n) is 7.28. The molecule has 9 nitrogen and oxygen atoms in total. The van der Waals surface area contributed by atoms with Gasteiger partial charge in [-0.05, 0) is 43.4 Å². The molecule has 2 fully saturated rings. The highest BCUT2D eigenvalue weighted by Gasteiger charge is 2.32. The smallest absolute Gasteiger partial charge is 0.303 e. The van der Waals surface area contributed by atoms with Crippen LogP contribution in [-0.2, 0) is 31.7 Å². The first kappa shape index (κ1) is 26.9. The molecular formula is C26H41N5O4S. The molecule has 4 rings (SSSR count). The number of nitrogens with zero attached hydrogens (tertiary/aromatic N) is 5. The van der Waals surface area contributed by atoms with Crippen molar-refractivity contribution >= 4 is 32.8 Å². The Bertz CT molecular complexity index is 1170. The van der Waals surface area contributed by atoms with Crippen molar-refractivity contribution in [3.8, 4) is 0 Å². The van der Waals surface area contributed by atoms with E-state index in [1.807, 2.05) is 25.1 Å². The standard InChI is InChI=1S/C26H41N5O4S/c1-6-7-24(32)29-12-14-30(15-13-29)36(33,34)28(5)21-8-9-23-22(18-21)27-25(26(2,3)4)31(23)19-20-10-16-35-17-11-20/h8-9,18,20H,6-7,10-17,19H2,1-5H3. The van der Waals surface area contributed by atoms with Crippen LogP contribution < -0.4 is 4.31 Å². The maximum atomic E-state index is 13.4. The Kier molecular flexibility index (Phi) is 7.97. The molecule has 0 unspecified atom stereocenters. The molecule has 2 aromatic rings.